The lowest BCUT2D eigenvalue weighted by atomic mass is 9.83. The molecule has 0 aromatic carbocycles. The van der Waals surface area contributed by atoms with E-state index in [0.717, 1.165) is 12.5 Å². The summed E-state index contributed by atoms with van der Waals surface area (Å²) < 4.78 is 1.29. The lowest BCUT2D eigenvalue weighted by molar-refractivity contribution is 0.300. The second-order valence-corrected chi connectivity index (χ2v) is 7.02. The molecule has 0 radical (unpaired) electrons. The first-order valence-corrected chi connectivity index (χ1v) is 8.99. The van der Waals surface area contributed by atoms with Gasteiger partial charge in [-0.25, -0.2) is 0 Å². The van der Waals surface area contributed by atoms with Crippen LogP contribution in [0.25, 0.3) is 0 Å². The Hall–Kier alpha value is 0.140. The maximum atomic E-state index is 3.74. The zero-order valence-electron chi connectivity index (χ0n) is 11.3. The molecule has 1 N–H and O–H groups in total. The van der Waals surface area contributed by atoms with Crippen LogP contribution in [0.2, 0.25) is 0 Å². The molecular weight excluding hydrogens is 306 g/mol. The molecule has 1 nitrogen and oxygen atoms in total. The summed E-state index contributed by atoms with van der Waals surface area (Å²) in [5.41, 5.74) is 1.47. The molecule has 1 aromatic heterocycles. The van der Waals surface area contributed by atoms with Crippen molar-refractivity contribution in [3.05, 3.63) is 20.8 Å². The lowest BCUT2D eigenvalue weighted by Crippen LogP contribution is -2.25. The molecule has 0 spiro atoms. The summed E-state index contributed by atoms with van der Waals surface area (Å²) in [5, 5.41) is 8.25. The van der Waals surface area contributed by atoms with E-state index < -0.39 is 0 Å². The van der Waals surface area contributed by atoms with E-state index in [1.807, 2.05) is 0 Å². The Morgan fingerprint density at radius 3 is 2.72 bits per heavy atom. The maximum absolute atomic E-state index is 3.74. The van der Waals surface area contributed by atoms with Crippen LogP contribution in [0.5, 0.6) is 0 Å². The van der Waals surface area contributed by atoms with Gasteiger partial charge in [0.15, 0.2) is 0 Å². The standard InChI is InChI=1S/C15H24BrNS/c1-2-8-17-15(13-10-18-11-14(13)16)9-12-6-4-3-5-7-12/h10-12,15,17H,2-9H2,1H3. The highest BCUT2D eigenvalue weighted by molar-refractivity contribution is 9.10. The predicted octanol–water partition coefficient (Wildman–Crippen LogP) is 5.52. The summed E-state index contributed by atoms with van der Waals surface area (Å²) in [4.78, 5) is 0. The van der Waals surface area contributed by atoms with E-state index in [1.54, 1.807) is 11.3 Å². The molecule has 18 heavy (non-hydrogen) atoms. The predicted molar refractivity (Wildman–Crippen MR) is 84.2 cm³/mol. The molecule has 1 aromatic rings. The molecule has 1 unspecified atom stereocenters. The lowest BCUT2D eigenvalue weighted by Gasteiger charge is -2.27. The fourth-order valence-electron chi connectivity index (χ4n) is 2.93. The van der Waals surface area contributed by atoms with Crippen LogP contribution in [0.3, 0.4) is 0 Å². The topological polar surface area (TPSA) is 12.0 Å². The molecule has 102 valence electrons. The average molecular weight is 330 g/mol. The quantitative estimate of drug-likeness (QED) is 0.724. The van der Waals surface area contributed by atoms with E-state index >= 15 is 0 Å². The van der Waals surface area contributed by atoms with E-state index in [-0.39, 0.29) is 0 Å². The number of hydrogen-bond acceptors (Lipinski definition) is 2. The Kier molecular flexibility index (Phi) is 6.19. The van der Waals surface area contributed by atoms with Crippen molar-refractivity contribution in [2.24, 2.45) is 5.92 Å². The van der Waals surface area contributed by atoms with Crippen LogP contribution in [0, 0.1) is 5.92 Å². The number of halogens is 1. The monoisotopic (exact) mass is 329 g/mol. The Morgan fingerprint density at radius 1 is 1.33 bits per heavy atom. The van der Waals surface area contributed by atoms with Gasteiger partial charge >= 0.3 is 0 Å². The van der Waals surface area contributed by atoms with Crippen LogP contribution >= 0.6 is 27.3 Å². The first-order valence-electron chi connectivity index (χ1n) is 7.26. The first-order chi connectivity index (χ1) is 8.81. The van der Waals surface area contributed by atoms with Crippen LogP contribution in [-0.4, -0.2) is 6.54 Å². The minimum atomic E-state index is 0.550. The number of rotatable bonds is 6. The fourth-order valence-corrected chi connectivity index (χ4v) is 4.56. The molecule has 1 saturated carbocycles. The largest absolute Gasteiger partial charge is 0.310 e. The van der Waals surface area contributed by atoms with Gasteiger partial charge in [-0.05, 0) is 52.2 Å². The van der Waals surface area contributed by atoms with E-state index in [2.05, 4.69) is 38.9 Å². The van der Waals surface area contributed by atoms with Gasteiger partial charge in [-0.15, -0.1) is 0 Å². The maximum Gasteiger partial charge on any atom is 0.0342 e. The highest BCUT2D eigenvalue weighted by Crippen LogP contribution is 2.35. The van der Waals surface area contributed by atoms with Crippen molar-refractivity contribution in [3.63, 3.8) is 0 Å². The normalized spacial score (nSPS) is 19.0. The SMILES string of the molecule is CCCNC(CC1CCCCC1)c1cscc1Br. The molecule has 1 heterocycles. The zero-order valence-corrected chi connectivity index (χ0v) is 13.7. The minimum Gasteiger partial charge on any atom is -0.310 e. The van der Waals surface area contributed by atoms with E-state index in [0.29, 0.717) is 6.04 Å². The zero-order chi connectivity index (χ0) is 12.8. The van der Waals surface area contributed by atoms with Crippen molar-refractivity contribution < 1.29 is 0 Å². The first kappa shape index (κ1) is 14.5. The van der Waals surface area contributed by atoms with Crippen LogP contribution < -0.4 is 5.32 Å². The van der Waals surface area contributed by atoms with Crippen LogP contribution in [-0.2, 0) is 0 Å². The fraction of sp³-hybridized carbons (Fsp3) is 0.733. The Balaban J connectivity index is 1.98. The number of thiophene rings is 1. The molecule has 3 heteroatoms. The Bertz CT molecular complexity index is 344. The van der Waals surface area contributed by atoms with Gasteiger partial charge in [0.25, 0.3) is 0 Å². The average Bonchev–Trinajstić information content (AvgIpc) is 2.82. The van der Waals surface area contributed by atoms with E-state index in [9.17, 15) is 0 Å². The third-order valence-corrected chi connectivity index (χ3v) is 5.70. The molecule has 2 rings (SSSR count). The van der Waals surface area contributed by atoms with Gasteiger partial charge in [-0.3, -0.25) is 0 Å². The molecule has 1 aliphatic carbocycles. The third-order valence-electron chi connectivity index (χ3n) is 3.95. The smallest absolute Gasteiger partial charge is 0.0342 e. The van der Waals surface area contributed by atoms with Crippen LogP contribution in [0.1, 0.15) is 63.5 Å². The highest BCUT2D eigenvalue weighted by Gasteiger charge is 2.21. The second-order valence-electron chi connectivity index (χ2n) is 5.42. The van der Waals surface area contributed by atoms with Gasteiger partial charge in [-0.2, -0.15) is 11.3 Å². The number of hydrogen-bond donors (Lipinski definition) is 1. The van der Waals surface area contributed by atoms with Gasteiger partial charge in [-0.1, -0.05) is 39.0 Å². The third kappa shape index (κ3) is 4.07. The van der Waals surface area contributed by atoms with Crippen molar-refractivity contribution in [3.8, 4) is 0 Å². The minimum absolute atomic E-state index is 0.550. The van der Waals surface area contributed by atoms with Crippen molar-refractivity contribution in [1.29, 1.82) is 0 Å². The van der Waals surface area contributed by atoms with Gasteiger partial charge in [0.05, 0.1) is 0 Å². The van der Waals surface area contributed by atoms with Gasteiger partial charge in [0.2, 0.25) is 0 Å². The molecule has 0 aliphatic heterocycles. The summed E-state index contributed by atoms with van der Waals surface area (Å²) in [6.07, 6.45) is 9.73. The van der Waals surface area contributed by atoms with Gasteiger partial charge < -0.3 is 5.32 Å². The Labute approximate surface area is 123 Å². The van der Waals surface area contributed by atoms with Crippen LogP contribution in [0.15, 0.2) is 15.2 Å². The molecular formula is C15H24BrNS. The molecule has 0 bridgehead atoms. The van der Waals surface area contributed by atoms with Crippen LogP contribution in [0.4, 0.5) is 0 Å². The van der Waals surface area contributed by atoms with E-state index in [1.165, 1.54) is 55.0 Å². The van der Waals surface area contributed by atoms with Gasteiger partial charge in [0.1, 0.15) is 0 Å². The van der Waals surface area contributed by atoms with E-state index in [4.69, 9.17) is 0 Å². The summed E-state index contributed by atoms with van der Waals surface area (Å²) in [6.45, 7) is 3.37. The molecule has 0 saturated heterocycles. The summed E-state index contributed by atoms with van der Waals surface area (Å²) in [6, 6.07) is 0.550. The second kappa shape index (κ2) is 7.66. The Morgan fingerprint density at radius 2 is 2.11 bits per heavy atom. The van der Waals surface area contributed by atoms with Gasteiger partial charge in [0, 0.05) is 15.9 Å². The van der Waals surface area contributed by atoms with Crippen molar-refractivity contribution in [2.75, 3.05) is 6.54 Å². The molecule has 1 aliphatic rings. The molecule has 0 amide bonds. The summed E-state index contributed by atoms with van der Waals surface area (Å²) in [5.74, 6) is 0.930. The van der Waals surface area contributed by atoms with Crippen molar-refractivity contribution in [1.82, 2.24) is 5.32 Å². The van der Waals surface area contributed by atoms with Crippen molar-refractivity contribution >= 4 is 27.3 Å². The van der Waals surface area contributed by atoms with Crippen molar-refractivity contribution in [2.45, 2.75) is 57.9 Å². The molecule has 1 atom stereocenters. The number of nitrogens with one attached hydrogen (secondary N) is 1. The highest BCUT2D eigenvalue weighted by atomic mass is 79.9. The molecule has 1 fully saturated rings. The summed E-state index contributed by atoms with van der Waals surface area (Å²) >= 11 is 5.50. The summed E-state index contributed by atoms with van der Waals surface area (Å²) in [7, 11) is 0.